The molecule has 0 amide bonds. The highest BCUT2D eigenvalue weighted by Crippen LogP contribution is 2.35. The number of hydrogen-bond acceptors (Lipinski definition) is 5. The number of ether oxygens (including phenoxy) is 2. The molecule has 0 unspecified atom stereocenters. The van der Waals surface area contributed by atoms with Gasteiger partial charge in [0.2, 0.25) is 0 Å². The van der Waals surface area contributed by atoms with Crippen molar-refractivity contribution in [2.75, 3.05) is 19.0 Å². The Morgan fingerprint density at radius 1 is 1.42 bits per heavy atom. The van der Waals surface area contributed by atoms with E-state index in [9.17, 15) is 4.79 Å². The molecule has 0 aliphatic carbocycles. The van der Waals surface area contributed by atoms with Crippen LogP contribution in [0.1, 0.15) is 0 Å². The summed E-state index contributed by atoms with van der Waals surface area (Å²) in [5.41, 5.74) is 1.68. The molecule has 6 nitrogen and oxygen atoms in total. The number of aliphatic carboxylic acids is 1. The zero-order chi connectivity index (χ0) is 13.4. The maximum Gasteiger partial charge on any atom is 0.313 e. The smallest absolute Gasteiger partial charge is 0.313 e. The van der Waals surface area contributed by atoms with Crippen molar-refractivity contribution < 1.29 is 19.4 Å². The summed E-state index contributed by atoms with van der Waals surface area (Å²) in [6.07, 6.45) is 0. The van der Waals surface area contributed by atoms with Crippen LogP contribution in [0.3, 0.4) is 0 Å². The van der Waals surface area contributed by atoms with E-state index in [-0.39, 0.29) is 5.75 Å². The van der Waals surface area contributed by atoms with Gasteiger partial charge >= 0.3 is 5.97 Å². The van der Waals surface area contributed by atoms with Gasteiger partial charge in [0.1, 0.15) is 13.2 Å². The molecule has 19 heavy (non-hydrogen) atoms. The van der Waals surface area contributed by atoms with Crippen LogP contribution in [0, 0.1) is 0 Å². The van der Waals surface area contributed by atoms with E-state index in [4.69, 9.17) is 14.6 Å². The van der Waals surface area contributed by atoms with Crippen molar-refractivity contribution in [3.05, 3.63) is 12.1 Å². The molecular formula is C12H12N2O4S. The number of aryl methyl sites for hydroxylation is 1. The highest BCUT2D eigenvalue weighted by molar-refractivity contribution is 7.99. The normalized spacial score (nSPS) is 13.7. The third-order valence-corrected chi connectivity index (χ3v) is 3.84. The van der Waals surface area contributed by atoms with E-state index in [0.29, 0.717) is 29.9 Å². The van der Waals surface area contributed by atoms with E-state index < -0.39 is 5.97 Å². The summed E-state index contributed by atoms with van der Waals surface area (Å²) in [7, 11) is 1.86. The molecule has 100 valence electrons. The summed E-state index contributed by atoms with van der Waals surface area (Å²) in [5, 5.41) is 9.38. The number of rotatable bonds is 3. The summed E-state index contributed by atoms with van der Waals surface area (Å²) in [4.78, 5) is 15.0. The number of nitrogens with zero attached hydrogens (tertiary/aromatic N) is 2. The van der Waals surface area contributed by atoms with E-state index in [1.807, 2.05) is 23.7 Å². The van der Waals surface area contributed by atoms with Gasteiger partial charge in [-0.15, -0.1) is 0 Å². The molecule has 0 spiro atoms. The molecule has 1 N–H and O–H groups in total. The third kappa shape index (κ3) is 2.21. The van der Waals surface area contributed by atoms with E-state index in [2.05, 4.69) is 4.98 Å². The number of benzene rings is 1. The summed E-state index contributed by atoms with van der Waals surface area (Å²) >= 11 is 1.19. The largest absolute Gasteiger partial charge is 0.486 e. The van der Waals surface area contributed by atoms with Crippen molar-refractivity contribution in [1.29, 1.82) is 0 Å². The van der Waals surface area contributed by atoms with Gasteiger partial charge in [0, 0.05) is 19.2 Å². The average molecular weight is 280 g/mol. The maximum atomic E-state index is 10.6. The lowest BCUT2D eigenvalue weighted by Gasteiger charge is -2.17. The first-order chi connectivity index (χ1) is 9.15. The third-order valence-electron chi connectivity index (χ3n) is 2.83. The minimum absolute atomic E-state index is 0.0100. The van der Waals surface area contributed by atoms with Gasteiger partial charge in [0.05, 0.1) is 16.8 Å². The van der Waals surface area contributed by atoms with E-state index >= 15 is 0 Å². The monoisotopic (exact) mass is 280 g/mol. The molecule has 1 aliphatic heterocycles. The lowest BCUT2D eigenvalue weighted by Crippen LogP contribution is -2.15. The lowest BCUT2D eigenvalue weighted by molar-refractivity contribution is -0.133. The van der Waals surface area contributed by atoms with Gasteiger partial charge in [-0.2, -0.15) is 0 Å². The topological polar surface area (TPSA) is 73.6 Å². The average Bonchev–Trinajstić information content (AvgIpc) is 2.70. The Morgan fingerprint density at radius 2 is 2.11 bits per heavy atom. The molecule has 0 saturated heterocycles. The highest BCUT2D eigenvalue weighted by atomic mass is 32.2. The summed E-state index contributed by atoms with van der Waals surface area (Å²) in [6.45, 7) is 1.07. The summed E-state index contributed by atoms with van der Waals surface area (Å²) < 4.78 is 12.9. The Hall–Kier alpha value is -1.89. The summed E-state index contributed by atoms with van der Waals surface area (Å²) in [5.74, 6) is 0.523. The fourth-order valence-electron chi connectivity index (χ4n) is 1.96. The van der Waals surface area contributed by atoms with Crippen molar-refractivity contribution >= 4 is 28.8 Å². The number of imidazole rings is 1. The fourth-order valence-corrected chi connectivity index (χ4v) is 2.67. The molecule has 0 fully saturated rings. The van der Waals surface area contributed by atoms with Gasteiger partial charge in [-0.3, -0.25) is 4.79 Å². The number of thioether (sulfide) groups is 1. The second-order valence-corrected chi connectivity index (χ2v) is 5.06. The van der Waals surface area contributed by atoms with Crippen LogP contribution in [0.2, 0.25) is 0 Å². The molecule has 2 heterocycles. The Morgan fingerprint density at radius 3 is 2.79 bits per heavy atom. The quantitative estimate of drug-likeness (QED) is 0.859. The second-order valence-electron chi connectivity index (χ2n) is 4.12. The van der Waals surface area contributed by atoms with Gasteiger partial charge in [-0.1, -0.05) is 11.8 Å². The number of hydrogen-bond donors (Lipinski definition) is 1. The Kier molecular flexibility index (Phi) is 2.98. The van der Waals surface area contributed by atoms with Crippen LogP contribution in [-0.4, -0.2) is 39.6 Å². The van der Waals surface area contributed by atoms with Crippen LogP contribution in [0.25, 0.3) is 11.0 Å². The van der Waals surface area contributed by atoms with Crippen molar-refractivity contribution in [2.45, 2.75) is 5.16 Å². The zero-order valence-electron chi connectivity index (χ0n) is 10.3. The minimum Gasteiger partial charge on any atom is -0.486 e. The van der Waals surface area contributed by atoms with Crippen LogP contribution in [0.15, 0.2) is 17.3 Å². The van der Waals surface area contributed by atoms with Gasteiger partial charge in [0.25, 0.3) is 0 Å². The van der Waals surface area contributed by atoms with Crippen molar-refractivity contribution in [3.8, 4) is 11.5 Å². The standard InChI is InChI=1S/C12H12N2O4S/c1-14-8-5-10-9(17-2-3-18-10)4-7(8)13-12(14)19-6-11(15)16/h4-5H,2-3,6H2,1H3,(H,15,16). The van der Waals surface area contributed by atoms with Crippen LogP contribution < -0.4 is 9.47 Å². The Balaban J connectivity index is 2.02. The number of carbonyl (C=O) groups is 1. The first-order valence-corrected chi connectivity index (χ1v) is 6.74. The van der Waals surface area contributed by atoms with Gasteiger partial charge in [0.15, 0.2) is 16.7 Å². The second kappa shape index (κ2) is 4.65. The highest BCUT2D eigenvalue weighted by Gasteiger charge is 2.17. The van der Waals surface area contributed by atoms with Crippen molar-refractivity contribution in [1.82, 2.24) is 9.55 Å². The van der Waals surface area contributed by atoms with E-state index in [0.717, 1.165) is 11.0 Å². The molecule has 0 atom stereocenters. The molecular weight excluding hydrogens is 268 g/mol. The predicted molar refractivity (Wildman–Crippen MR) is 70.1 cm³/mol. The van der Waals surface area contributed by atoms with E-state index in [1.165, 1.54) is 11.8 Å². The number of fused-ring (bicyclic) bond motifs is 2. The summed E-state index contributed by atoms with van der Waals surface area (Å²) in [6, 6.07) is 3.70. The van der Waals surface area contributed by atoms with Crippen LogP contribution in [0.5, 0.6) is 11.5 Å². The minimum atomic E-state index is -0.858. The van der Waals surface area contributed by atoms with Gasteiger partial charge in [-0.25, -0.2) is 4.98 Å². The first-order valence-electron chi connectivity index (χ1n) is 5.76. The molecule has 0 saturated carbocycles. The van der Waals surface area contributed by atoms with Crippen molar-refractivity contribution in [3.63, 3.8) is 0 Å². The fraction of sp³-hybridized carbons (Fsp3) is 0.333. The Labute approximate surface area is 113 Å². The lowest BCUT2D eigenvalue weighted by atomic mass is 10.2. The molecule has 7 heteroatoms. The number of carboxylic acid groups (broad SMARTS) is 1. The molecule has 0 radical (unpaired) electrons. The van der Waals surface area contributed by atoms with Gasteiger partial charge < -0.3 is 19.1 Å². The van der Waals surface area contributed by atoms with Gasteiger partial charge in [-0.05, 0) is 0 Å². The van der Waals surface area contributed by atoms with Crippen molar-refractivity contribution in [2.24, 2.45) is 7.05 Å². The molecule has 0 bridgehead atoms. The first kappa shape index (κ1) is 12.2. The molecule has 1 aromatic heterocycles. The van der Waals surface area contributed by atoms with Crippen LogP contribution >= 0.6 is 11.8 Å². The van der Waals surface area contributed by atoms with Crippen LogP contribution in [0.4, 0.5) is 0 Å². The number of aromatic nitrogens is 2. The maximum absolute atomic E-state index is 10.6. The molecule has 2 aromatic rings. The van der Waals surface area contributed by atoms with Crippen LogP contribution in [-0.2, 0) is 11.8 Å². The Bertz CT molecular complexity index is 653. The van der Waals surface area contributed by atoms with E-state index in [1.54, 1.807) is 0 Å². The predicted octanol–water partition coefficient (Wildman–Crippen LogP) is 1.52. The molecule has 1 aromatic carbocycles. The zero-order valence-corrected chi connectivity index (χ0v) is 11.1. The SMILES string of the molecule is Cn1c(SCC(=O)O)nc2cc3c(cc21)OCCO3. The number of carboxylic acids is 1. The molecule has 3 rings (SSSR count). The molecule has 1 aliphatic rings.